The number of hydrogen-bond donors (Lipinski definition) is 1. The van der Waals surface area contributed by atoms with Crippen molar-refractivity contribution < 1.29 is 14.3 Å². The Balaban J connectivity index is 1.26. The van der Waals surface area contributed by atoms with E-state index in [1.54, 1.807) is 30.7 Å². The first-order valence-electron chi connectivity index (χ1n) is 11.2. The Bertz CT molecular complexity index is 1420. The number of nitrogens with zero attached hydrogens (tertiary/aromatic N) is 7. The van der Waals surface area contributed by atoms with Crippen LogP contribution in [0, 0.1) is 0 Å². The molecule has 4 aromatic rings. The van der Waals surface area contributed by atoms with Gasteiger partial charge in [-0.15, -0.1) is 10.2 Å². The molecule has 1 aromatic carbocycles. The van der Waals surface area contributed by atoms with E-state index in [0.717, 1.165) is 28.9 Å². The van der Waals surface area contributed by atoms with Crippen molar-refractivity contribution in [2.75, 3.05) is 23.9 Å². The molecule has 176 valence electrons. The normalized spacial score (nSPS) is 16.5. The van der Waals surface area contributed by atoms with Crippen LogP contribution in [0.1, 0.15) is 12.8 Å². The molecule has 1 atom stereocenters. The van der Waals surface area contributed by atoms with Crippen LogP contribution in [0.3, 0.4) is 0 Å². The Hall–Kier alpha value is -4.54. The summed E-state index contributed by atoms with van der Waals surface area (Å²) in [6.45, 7) is 0.472. The standard InChI is InChI=1S/C24H22N8O3/c1-31-13-27-30-21(31)15-5-3-14(4-6-15)18-11-26-24(29-22(18)34-2)28-16-9-19-23(25-10-16)35-12-17-7-8-20(33)32(17)19/h3-6,9-11,13,17H,7-8,12H2,1-2H3,(H,26,28,29)/t17-/m0/s1. The number of aromatic nitrogens is 6. The van der Waals surface area contributed by atoms with Gasteiger partial charge in [0.15, 0.2) is 5.82 Å². The van der Waals surface area contributed by atoms with Gasteiger partial charge in [-0.25, -0.2) is 9.97 Å². The second-order valence-corrected chi connectivity index (χ2v) is 8.40. The quantitative estimate of drug-likeness (QED) is 0.469. The zero-order chi connectivity index (χ0) is 23.9. The second kappa shape index (κ2) is 8.35. The highest BCUT2D eigenvalue weighted by Gasteiger charge is 2.38. The lowest BCUT2D eigenvalue weighted by Gasteiger charge is -2.31. The Morgan fingerprint density at radius 1 is 1.14 bits per heavy atom. The maximum absolute atomic E-state index is 12.4. The monoisotopic (exact) mass is 470 g/mol. The third-order valence-corrected chi connectivity index (χ3v) is 6.20. The molecule has 0 bridgehead atoms. The summed E-state index contributed by atoms with van der Waals surface area (Å²) in [6, 6.07) is 9.77. The summed E-state index contributed by atoms with van der Waals surface area (Å²) >= 11 is 0. The van der Waals surface area contributed by atoms with Crippen molar-refractivity contribution >= 4 is 23.2 Å². The smallest absolute Gasteiger partial charge is 0.238 e. The summed E-state index contributed by atoms with van der Waals surface area (Å²) in [4.78, 5) is 27.5. The van der Waals surface area contributed by atoms with Gasteiger partial charge < -0.3 is 24.3 Å². The summed E-state index contributed by atoms with van der Waals surface area (Å²) in [5.74, 6) is 2.11. The predicted molar refractivity (Wildman–Crippen MR) is 128 cm³/mol. The van der Waals surface area contributed by atoms with Crippen LogP contribution in [-0.2, 0) is 11.8 Å². The number of ether oxygens (including phenoxy) is 2. The topological polar surface area (TPSA) is 120 Å². The zero-order valence-corrected chi connectivity index (χ0v) is 19.2. The van der Waals surface area contributed by atoms with Crippen LogP contribution >= 0.6 is 0 Å². The van der Waals surface area contributed by atoms with E-state index in [1.807, 2.05) is 41.9 Å². The molecule has 0 spiro atoms. The highest BCUT2D eigenvalue weighted by Crippen LogP contribution is 2.39. The van der Waals surface area contributed by atoms with Crippen LogP contribution in [-0.4, -0.2) is 55.4 Å². The van der Waals surface area contributed by atoms with Crippen LogP contribution < -0.4 is 19.7 Å². The number of pyridine rings is 1. The first-order valence-corrected chi connectivity index (χ1v) is 11.2. The number of fused-ring (bicyclic) bond motifs is 3. The van der Waals surface area contributed by atoms with E-state index in [1.165, 1.54) is 0 Å². The van der Waals surface area contributed by atoms with Crippen molar-refractivity contribution in [3.8, 4) is 34.3 Å². The first kappa shape index (κ1) is 21.0. The molecule has 6 rings (SSSR count). The van der Waals surface area contributed by atoms with Gasteiger partial charge in [-0.05, 0) is 18.1 Å². The van der Waals surface area contributed by atoms with Crippen molar-refractivity contribution in [3.63, 3.8) is 0 Å². The number of benzene rings is 1. The SMILES string of the molecule is COc1nc(Nc2cnc3c(c2)N2C(=O)CC[C@H]2CO3)ncc1-c1ccc(-c2nncn2C)cc1. The molecular weight excluding hydrogens is 448 g/mol. The summed E-state index contributed by atoms with van der Waals surface area (Å²) in [7, 11) is 3.47. The Morgan fingerprint density at radius 2 is 1.97 bits per heavy atom. The molecule has 1 N–H and O–H groups in total. The third kappa shape index (κ3) is 3.70. The number of rotatable bonds is 5. The Kier molecular flexibility index (Phi) is 5.02. The van der Waals surface area contributed by atoms with E-state index in [2.05, 4.69) is 30.5 Å². The number of nitrogens with one attached hydrogen (secondary N) is 1. The van der Waals surface area contributed by atoms with Gasteiger partial charge in [0.1, 0.15) is 18.6 Å². The minimum Gasteiger partial charge on any atom is -0.480 e. The molecule has 0 aliphatic carbocycles. The lowest BCUT2D eigenvalue weighted by atomic mass is 10.1. The van der Waals surface area contributed by atoms with Crippen molar-refractivity contribution in [1.29, 1.82) is 0 Å². The van der Waals surface area contributed by atoms with E-state index in [-0.39, 0.29) is 11.9 Å². The van der Waals surface area contributed by atoms with Crippen LogP contribution in [0.2, 0.25) is 0 Å². The van der Waals surface area contributed by atoms with Crippen LogP contribution in [0.4, 0.5) is 17.3 Å². The maximum Gasteiger partial charge on any atom is 0.238 e. The van der Waals surface area contributed by atoms with E-state index >= 15 is 0 Å². The molecule has 0 unspecified atom stereocenters. The fourth-order valence-corrected chi connectivity index (χ4v) is 4.45. The molecule has 1 amide bonds. The summed E-state index contributed by atoms with van der Waals surface area (Å²) in [6.07, 6.45) is 6.32. The molecular formula is C24H22N8O3. The Morgan fingerprint density at radius 3 is 2.74 bits per heavy atom. The second-order valence-electron chi connectivity index (χ2n) is 8.40. The lowest BCUT2D eigenvalue weighted by Crippen LogP contribution is -2.40. The van der Waals surface area contributed by atoms with E-state index in [0.29, 0.717) is 42.1 Å². The molecule has 11 heteroatoms. The highest BCUT2D eigenvalue weighted by atomic mass is 16.5. The van der Waals surface area contributed by atoms with Crippen LogP contribution in [0.5, 0.6) is 11.8 Å². The van der Waals surface area contributed by atoms with Crippen molar-refractivity contribution in [3.05, 3.63) is 49.1 Å². The molecule has 3 aromatic heterocycles. The third-order valence-electron chi connectivity index (χ3n) is 6.20. The molecule has 5 heterocycles. The fourth-order valence-electron chi connectivity index (χ4n) is 4.45. The number of carbonyl (C=O) groups is 1. The minimum absolute atomic E-state index is 0.0581. The summed E-state index contributed by atoms with van der Waals surface area (Å²) in [5, 5.41) is 11.2. The number of methoxy groups -OCH3 is 1. The number of anilines is 3. The molecule has 11 nitrogen and oxygen atoms in total. The Labute approximate surface area is 200 Å². The van der Waals surface area contributed by atoms with Crippen molar-refractivity contribution in [2.45, 2.75) is 18.9 Å². The summed E-state index contributed by atoms with van der Waals surface area (Å²) in [5.41, 5.74) is 3.93. The molecule has 1 saturated heterocycles. The van der Waals surface area contributed by atoms with Crippen molar-refractivity contribution in [2.24, 2.45) is 7.05 Å². The minimum atomic E-state index is 0.0581. The average molecular weight is 470 g/mol. The number of carbonyl (C=O) groups excluding carboxylic acids is 1. The zero-order valence-electron chi connectivity index (χ0n) is 19.2. The molecule has 0 radical (unpaired) electrons. The highest BCUT2D eigenvalue weighted by molar-refractivity contribution is 5.98. The number of aryl methyl sites for hydroxylation is 1. The van der Waals surface area contributed by atoms with Gasteiger partial charge in [0, 0.05) is 25.2 Å². The molecule has 2 aliphatic heterocycles. The van der Waals surface area contributed by atoms with E-state index < -0.39 is 0 Å². The van der Waals surface area contributed by atoms with Crippen molar-refractivity contribution in [1.82, 2.24) is 29.7 Å². The van der Waals surface area contributed by atoms with E-state index in [9.17, 15) is 4.79 Å². The number of amides is 1. The van der Waals surface area contributed by atoms with Gasteiger partial charge in [0.25, 0.3) is 0 Å². The lowest BCUT2D eigenvalue weighted by molar-refractivity contribution is -0.117. The average Bonchev–Trinajstić information content (AvgIpc) is 3.49. The van der Waals surface area contributed by atoms with E-state index in [4.69, 9.17) is 9.47 Å². The molecule has 1 fully saturated rings. The fraction of sp³-hybridized carbons (Fsp3) is 0.250. The van der Waals surface area contributed by atoms with Gasteiger partial charge >= 0.3 is 0 Å². The van der Waals surface area contributed by atoms with Gasteiger partial charge in [0.05, 0.1) is 30.6 Å². The largest absolute Gasteiger partial charge is 0.480 e. The van der Waals surface area contributed by atoms with Gasteiger partial charge in [0.2, 0.25) is 23.6 Å². The molecule has 35 heavy (non-hydrogen) atoms. The van der Waals surface area contributed by atoms with Gasteiger partial charge in [-0.1, -0.05) is 24.3 Å². The van der Waals surface area contributed by atoms with Crippen LogP contribution in [0.15, 0.2) is 49.1 Å². The maximum atomic E-state index is 12.4. The number of hydrogen-bond acceptors (Lipinski definition) is 9. The molecule has 2 aliphatic rings. The molecule has 0 saturated carbocycles. The predicted octanol–water partition coefficient (Wildman–Crippen LogP) is 2.97. The summed E-state index contributed by atoms with van der Waals surface area (Å²) < 4.78 is 13.2. The van der Waals surface area contributed by atoms with Gasteiger partial charge in [-0.2, -0.15) is 4.98 Å². The van der Waals surface area contributed by atoms with Gasteiger partial charge in [-0.3, -0.25) is 4.79 Å². The van der Waals surface area contributed by atoms with Crippen LogP contribution in [0.25, 0.3) is 22.5 Å². The first-order chi connectivity index (χ1) is 17.1.